The molecule has 3 aromatic rings. The van der Waals surface area contributed by atoms with Crippen molar-refractivity contribution in [1.82, 2.24) is 15.0 Å². The first-order chi connectivity index (χ1) is 10.3. The fraction of sp³-hybridized carbons (Fsp3) is 0.0625. The second kappa shape index (κ2) is 5.89. The standard InChI is InChI=1S/C16H12ClN3O/c1-21-13-4-2-3-12(9-13)14-10-19-16(20-15(14)17)11-5-7-18-8-6-11/h2-10H,1H3. The third kappa shape index (κ3) is 2.85. The van der Waals surface area contributed by atoms with Gasteiger partial charge in [-0.15, -0.1) is 0 Å². The summed E-state index contributed by atoms with van der Waals surface area (Å²) in [6.45, 7) is 0. The van der Waals surface area contributed by atoms with Gasteiger partial charge in [-0.05, 0) is 29.8 Å². The molecule has 0 unspecified atom stereocenters. The van der Waals surface area contributed by atoms with Gasteiger partial charge in [0.2, 0.25) is 0 Å². The molecule has 2 heterocycles. The number of rotatable bonds is 3. The van der Waals surface area contributed by atoms with Crippen LogP contribution in [-0.2, 0) is 0 Å². The largest absolute Gasteiger partial charge is 0.497 e. The molecule has 0 radical (unpaired) electrons. The topological polar surface area (TPSA) is 47.9 Å². The summed E-state index contributed by atoms with van der Waals surface area (Å²) in [5.74, 6) is 1.34. The SMILES string of the molecule is COc1cccc(-c2cnc(-c3ccncc3)nc2Cl)c1. The molecule has 0 atom stereocenters. The quantitative estimate of drug-likeness (QED) is 0.689. The molecule has 2 aromatic heterocycles. The summed E-state index contributed by atoms with van der Waals surface area (Å²) in [6.07, 6.45) is 5.12. The summed E-state index contributed by atoms with van der Waals surface area (Å²) in [7, 11) is 1.63. The molecule has 21 heavy (non-hydrogen) atoms. The maximum atomic E-state index is 6.30. The van der Waals surface area contributed by atoms with Crippen molar-refractivity contribution in [1.29, 1.82) is 0 Å². The smallest absolute Gasteiger partial charge is 0.160 e. The summed E-state index contributed by atoms with van der Waals surface area (Å²) in [6, 6.07) is 11.3. The van der Waals surface area contributed by atoms with Gasteiger partial charge in [0, 0.05) is 29.7 Å². The Labute approximate surface area is 127 Å². The van der Waals surface area contributed by atoms with Crippen molar-refractivity contribution in [2.45, 2.75) is 0 Å². The van der Waals surface area contributed by atoms with E-state index in [1.165, 1.54) is 0 Å². The van der Waals surface area contributed by atoms with E-state index in [0.717, 1.165) is 22.4 Å². The number of methoxy groups -OCH3 is 1. The molecule has 0 aliphatic heterocycles. The van der Waals surface area contributed by atoms with E-state index >= 15 is 0 Å². The fourth-order valence-electron chi connectivity index (χ4n) is 1.99. The minimum absolute atomic E-state index is 0.407. The van der Waals surface area contributed by atoms with E-state index in [1.807, 2.05) is 36.4 Å². The average molecular weight is 298 g/mol. The molecule has 0 spiro atoms. The van der Waals surface area contributed by atoms with Crippen LogP contribution in [0.1, 0.15) is 0 Å². The zero-order valence-corrected chi connectivity index (χ0v) is 12.1. The van der Waals surface area contributed by atoms with Gasteiger partial charge < -0.3 is 4.74 Å². The number of aromatic nitrogens is 3. The first kappa shape index (κ1) is 13.5. The molecule has 1 aromatic carbocycles. The highest BCUT2D eigenvalue weighted by molar-refractivity contribution is 6.32. The Morgan fingerprint density at radius 1 is 1.05 bits per heavy atom. The van der Waals surface area contributed by atoms with Crippen molar-refractivity contribution in [3.05, 3.63) is 60.1 Å². The minimum atomic E-state index is 0.407. The Morgan fingerprint density at radius 3 is 2.57 bits per heavy atom. The van der Waals surface area contributed by atoms with Gasteiger partial charge in [-0.25, -0.2) is 9.97 Å². The number of pyridine rings is 1. The zero-order chi connectivity index (χ0) is 14.7. The molecule has 104 valence electrons. The highest BCUT2D eigenvalue weighted by Crippen LogP contribution is 2.29. The highest BCUT2D eigenvalue weighted by atomic mass is 35.5. The van der Waals surface area contributed by atoms with Gasteiger partial charge in [0.05, 0.1) is 7.11 Å². The molecule has 4 nitrogen and oxygen atoms in total. The van der Waals surface area contributed by atoms with Gasteiger partial charge in [0.1, 0.15) is 10.9 Å². The molecule has 0 saturated heterocycles. The predicted molar refractivity (Wildman–Crippen MR) is 82.3 cm³/mol. The van der Waals surface area contributed by atoms with Crippen molar-refractivity contribution in [2.75, 3.05) is 7.11 Å². The van der Waals surface area contributed by atoms with Gasteiger partial charge in [-0.3, -0.25) is 4.98 Å². The second-order valence-corrected chi connectivity index (χ2v) is 4.72. The molecule has 3 rings (SSSR count). The van der Waals surface area contributed by atoms with E-state index in [2.05, 4.69) is 15.0 Å². The summed E-state index contributed by atoms with van der Waals surface area (Å²) in [5, 5.41) is 0.407. The first-order valence-corrected chi connectivity index (χ1v) is 6.73. The summed E-state index contributed by atoms with van der Waals surface area (Å²) in [5.41, 5.74) is 2.57. The third-order valence-electron chi connectivity index (χ3n) is 3.06. The molecular weight excluding hydrogens is 286 g/mol. The van der Waals surface area contributed by atoms with Crippen LogP contribution >= 0.6 is 11.6 Å². The lowest BCUT2D eigenvalue weighted by molar-refractivity contribution is 0.415. The van der Waals surface area contributed by atoms with E-state index in [4.69, 9.17) is 16.3 Å². The van der Waals surface area contributed by atoms with Crippen molar-refractivity contribution in [3.8, 4) is 28.3 Å². The number of ether oxygens (including phenoxy) is 1. The van der Waals surface area contributed by atoms with Crippen LogP contribution < -0.4 is 4.74 Å². The fourth-order valence-corrected chi connectivity index (χ4v) is 2.22. The van der Waals surface area contributed by atoms with Crippen LogP contribution in [0, 0.1) is 0 Å². The van der Waals surface area contributed by atoms with Gasteiger partial charge >= 0.3 is 0 Å². The Balaban J connectivity index is 2.02. The van der Waals surface area contributed by atoms with E-state index in [1.54, 1.807) is 25.7 Å². The molecule has 0 N–H and O–H groups in total. The van der Waals surface area contributed by atoms with Crippen LogP contribution in [0.4, 0.5) is 0 Å². The van der Waals surface area contributed by atoms with E-state index in [0.29, 0.717) is 11.0 Å². The summed E-state index contributed by atoms with van der Waals surface area (Å²) < 4.78 is 5.22. The predicted octanol–water partition coefficient (Wildman–Crippen LogP) is 3.87. The van der Waals surface area contributed by atoms with Crippen molar-refractivity contribution in [2.24, 2.45) is 0 Å². The van der Waals surface area contributed by atoms with Crippen molar-refractivity contribution < 1.29 is 4.74 Å². The number of halogens is 1. The Morgan fingerprint density at radius 2 is 1.86 bits per heavy atom. The lowest BCUT2D eigenvalue weighted by Gasteiger charge is -2.07. The van der Waals surface area contributed by atoms with E-state index < -0.39 is 0 Å². The lowest BCUT2D eigenvalue weighted by atomic mass is 10.1. The molecule has 0 fully saturated rings. The molecule has 0 aliphatic rings. The van der Waals surface area contributed by atoms with Crippen LogP contribution in [0.2, 0.25) is 5.15 Å². The Kier molecular flexibility index (Phi) is 3.79. The Bertz CT molecular complexity index is 762. The third-order valence-corrected chi connectivity index (χ3v) is 3.35. The van der Waals surface area contributed by atoms with Crippen molar-refractivity contribution >= 4 is 11.6 Å². The highest BCUT2D eigenvalue weighted by Gasteiger charge is 2.09. The van der Waals surface area contributed by atoms with E-state index in [-0.39, 0.29) is 0 Å². The van der Waals surface area contributed by atoms with Crippen molar-refractivity contribution in [3.63, 3.8) is 0 Å². The second-order valence-electron chi connectivity index (χ2n) is 4.37. The van der Waals surface area contributed by atoms with Crippen LogP contribution in [0.25, 0.3) is 22.5 Å². The lowest BCUT2D eigenvalue weighted by Crippen LogP contribution is -1.93. The molecule has 0 bridgehead atoms. The molecule has 0 amide bonds. The van der Waals surface area contributed by atoms with Crippen LogP contribution in [0.3, 0.4) is 0 Å². The normalized spacial score (nSPS) is 10.4. The molecule has 5 heteroatoms. The number of hydrogen-bond acceptors (Lipinski definition) is 4. The van der Waals surface area contributed by atoms with E-state index in [9.17, 15) is 0 Å². The van der Waals surface area contributed by atoms with Crippen LogP contribution in [-0.4, -0.2) is 22.1 Å². The van der Waals surface area contributed by atoms with Crippen LogP contribution in [0.15, 0.2) is 55.0 Å². The van der Waals surface area contributed by atoms with Gasteiger partial charge in [-0.1, -0.05) is 23.7 Å². The van der Waals surface area contributed by atoms with Gasteiger partial charge in [0.15, 0.2) is 5.82 Å². The number of hydrogen-bond donors (Lipinski definition) is 0. The first-order valence-electron chi connectivity index (χ1n) is 6.35. The minimum Gasteiger partial charge on any atom is -0.497 e. The summed E-state index contributed by atoms with van der Waals surface area (Å²) >= 11 is 6.30. The molecule has 0 saturated carbocycles. The van der Waals surface area contributed by atoms with Gasteiger partial charge in [-0.2, -0.15) is 0 Å². The Hall–Kier alpha value is -2.46. The molecule has 0 aliphatic carbocycles. The number of benzene rings is 1. The van der Waals surface area contributed by atoms with Gasteiger partial charge in [0.25, 0.3) is 0 Å². The zero-order valence-electron chi connectivity index (χ0n) is 11.3. The average Bonchev–Trinajstić information content (AvgIpc) is 2.55. The maximum Gasteiger partial charge on any atom is 0.160 e. The summed E-state index contributed by atoms with van der Waals surface area (Å²) in [4.78, 5) is 12.7. The number of nitrogens with zero attached hydrogens (tertiary/aromatic N) is 3. The molecular formula is C16H12ClN3O. The monoisotopic (exact) mass is 297 g/mol. The van der Waals surface area contributed by atoms with Crippen LogP contribution in [0.5, 0.6) is 5.75 Å². The maximum absolute atomic E-state index is 6.30.